The Hall–Kier alpha value is -0.570. The number of nitrogens with one attached hydrogen (secondary N) is 2. The Morgan fingerprint density at radius 1 is 1.64 bits per heavy atom. The standard InChI is InChI=1S/C8H16N2O/c1-6-5-8(3-4-9-6)10-7(2)11/h6,8-9H,3-5H2,1-2H3,(H,10,11). The largest absolute Gasteiger partial charge is 0.354 e. The van der Waals surface area contributed by atoms with E-state index in [1.165, 1.54) is 0 Å². The van der Waals surface area contributed by atoms with Gasteiger partial charge in [-0.05, 0) is 26.3 Å². The van der Waals surface area contributed by atoms with Crippen molar-refractivity contribution in [2.75, 3.05) is 6.54 Å². The summed E-state index contributed by atoms with van der Waals surface area (Å²) in [6.45, 7) is 4.74. The molecule has 11 heavy (non-hydrogen) atoms. The van der Waals surface area contributed by atoms with E-state index in [1.807, 2.05) is 0 Å². The first-order valence-corrected chi connectivity index (χ1v) is 4.19. The zero-order valence-electron chi connectivity index (χ0n) is 7.18. The van der Waals surface area contributed by atoms with Gasteiger partial charge in [0, 0.05) is 19.0 Å². The number of hydrogen-bond donors (Lipinski definition) is 2. The number of carbonyl (C=O) groups excluding carboxylic acids is 1. The van der Waals surface area contributed by atoms with Crippen molar-refractivity contribution in [2.45, 2.75) is 38.8 Å². The highest BCUT2D eigenvalue weighted by molar-refractivity contribution is 5.73. The van der Waals surface area contributed by atoms with Crippen LogP contribution in [-0.2, 0) is 4.79 Å². The fraction of sp³-hybridized carbons (Fsp3) is 0.875. The van der Waals surface area contributed by atoms with Crippen molar-refractivity contribution in [1.29, 1.82) is 0 Å². The van der Waals surface area contributed by atoms with Gasteiger partial charge in [-0.1, -0.05) is 0 Å². The molecule has 1 saturated heterocycles. The van der Waals surface area contributed by atoms with E-state index < -0.39 is 0 Å². The van der Waals surface area contributed by atoms with E-state index in [-0.39, 0.29) is 5.91 Å². The summed E-state index contributed by atoms with van der Waals surface area (Å²) in [5.74, 6) is 0.0871. The van der Waals surface area contributed by atoms with Crippen molar-refractivity contribution in [3.05, 3.63) is 0 Å². The van der Waals surface area contributed by atoms with E-state index in [2.05, 4.69) is 17.6 Å². The van der Waals surface area contributed by atoms with Crippen molar-refractivity contribution in [3.63, 3.8) is 0 Å². The monoisotopic (exact) mass is 156 g/mol. The molecule has 1 heterocycles. The fourth-order valence-electron chi connectivity index (χ4n) is 1.55. The van der Waals surface area contributed by atoms with Crippen molar-refractivity contribution >= 4 is 5.91 Å². The summed E-state index contributed by atoms with van der Waals surface area (Å²) in [5.41, 5.74) is 0. The van der Waals surface area contributed by atoms with Gasteiger partial charge in [0.2, 0.25) is 5.91 Å². The summed E-state index contributed by atoms with van der Waals surface area (Å²) in [4.78, 5) is 10.7. The minimum atomic E-state index is 0.0871. The molecular weight excluding hydrogens is 140 g/mol. The maximum Gasteiger partial charge on any atom is 0.217 e. The van der Waals surface area contributed by atoms with Crippen LogP contribution in [0.15, 0.2) is 0 Å². The minimum Gasteiger partial charge on any atom is -0.354 e. The van der Waals surface area contributed by atoms with Gasteiger partial charge >= 0.3 is 0 Å². The molecule has 2 atom stereocenters. The zero-order valence-corrected chi connectivity index (χ0v) is 7.18. The van der Waals surface area contributed by atoms with Crippen molar-refractivity contribution in [1.82, 2.24) is 10.6 Å². The molecule has 1 fully saturated rings. The summed E-state index contributed by atoms with van der Waals surface area (Å²) in [6, 6.07) is 0.935. The Morgan fingerprint density at radius 2 is 2.36 bits per heavy atom. The molecule has 0 radical (unpaired) electrons. The van der Waals surface area contributed by atoms with Gasteiger partial charge in [0.1, 0.15) is 0 Å². The average molecular weight is 156 g/mol. The molecule has 2 unspecified atom stereocenters. The second-order valence-corrected chi connectivity index (χ2v) is 3.28. The SMILES string of the molecule is CC(=O)NC1CCNC(C)C1. The lowest BCUT2D eigenvalue weighted by Gasteiger charge is -2.28. The van der Waals surface area contributed by atoms with Crippen LogP contribution in [0.1, 0.15) is 26.7 Å². The second-order valence-electron chi connectivity index (χ2n) is 3.28. The van der Waals surface area contributed by atoms with Gasteiger partial charge in [0.15, 0.2) is 0 Å². The number of hydrogen-bond acceptors (Lipinski definition) is 2. The van der Waals surface area contributed by atoms with Crippen LogP contribution >= 0.6 is 0 Å². The first-order chi connectivity index (χ1) is 5.18. The maximum absolute atomic E-state index is 10.7. The van der Waals surface area contributed by atoms with E-state index in [4.69, 9.17) is 0 Å². The molecule has 0 saturated carbocycles. The lowest BCUT2D eigenvalue weighted by molar-refractivity contribution is -0.119. The molecule has 0 aromatic carbocycles. The molecule has 1 aliphatic rings. The van der Waals surface area contributed by atoms with Crippen LogP contribution in [0.3, 0.4) is 0 Å². The molecule has 64 valence electrons. The van der Waals surface area contributed by atoms with Gasteiger partial charge in [0.25, 0.3) is 0 Å². The van der Waals surface area contributed by atoms with E-state index >= 15 is 0 Å². The molecule has 0 bridgehead atoms. The second kappa shape index (κ2) is 3.72. The predicted molar refractivity (Wildman–Crippen MR) is 44.3 cm³/mol. The summed E-state index contributed by atoms with van der Waals surface area (Å²) < 4.78 is 0. The van der Waals surface area contributed by atoms with E-state index in [0.717, 1.165) is 19.4 Å². The summed E-state index contributed by atoms with van der Waals surface area (Å²) in [5, 5.41) is 6.27. The van der Waals surface area contributed by atoms with E-state index in [0.29, 0.717) is 12.1 Å². The smallest absolute Gasteiger partial charge is 0.217 e. The molecule has 0 aromatic rings. The van der Waals surface area contributed by atoms with E-state index in [1.54, 1.807) is 6.92 Å². The summed E-state index contributed by atoms with van der Waals surface area (Å²) >= 11 is 0. The molecule has 2 N–H and O–H groups in total. The van der Waals surface area contributed by atoms with Crippen LogP contribution in [-0.4, -0.2) is 24.5 Å². The Labute approximate surface area is 67.5 Å². The van der Waals surface area contributed by atoms with Crippen molar-refractivity contribution in [3.8, 4) is 0 Å². The van der Waals surface area contributed by atoms with Crippen molar-refractivity contribution in [2.24, 2.45) is 0 Å². The number of rotatable bonds is 1. The van der Waals surface area contributed by atoms with Gasteiger partial charge in [-0.25, -0.2) is 0 Å². The third kappa shape index (κ3) is 2.89. The lowest BCUT2D eigenvalue weighted by Crippen LogP contribution is -2.45. The Morgan fingerprint density at radius 3 is 2.91 bits per heavy atom. The molecule has 0 aliphatic carbocycles. The number of amides is 1. The summed E-state index contributed by atoms with van der Waals surface area (Å²) in [7, 11) is 0. The van der Waals surface area contributed by atoms with Gasteiger partial charge in [-0.15, -0.1) is 0 Å². The van der Waals surface area contributed by atoms with Crippen LogP contribution in [0.4, 0.5) is 0 Å². The third-order valence-corrected chi connectivity index (χ3v) is 2.03. The average Bonchev–Trinajstić information content (AvgIpc) is 1.85. The molecule has 3 heteroatoms. The van der Waals surface area contributed by atoms with Gasteiger partial charge in [-0.2, -0.15) is 0 Å². The van der Waals surface area contributed by atoms with Gasteiger partial charge in [-0.3, -0.25) is 4.79 Å². The van der Waals surface area contributed by atoms with Crippen LogP contribution in [0.2, 0.25) is 0 Å². The van der Waals surface area contributed by atoms with Crippen molar-refractivity contribution < 1.29 is 4.79 Å². The topological polar surface area (TPSA) is 41.1 Å². The highest BCUT2D eigenvalue weighted by Crippen LogP contribution is 2.07. The zero-order chi connectivity index (χ0) is 8.27. The first-order valence-electron chi connectivity index (χ1n) is 4.19. The highest BCUT2D eigenvalue weighted by Gasteiger charge is 2.17. The quantitative estimate of drug-likeness (QED) is 0.572. The molecule has 3 nitrogen and oxygen atoms in total. The molecule has 0 aromatic heterocycles. The van der Waals surface area contributed by atoms with Crippen LogP contribution in [0.5, 0.6) is 0 Å². The summed E-state index contributed by atoms with van der Waals surface area (Å²) in [6.07, 6.45) is 2.11. The predicted octanol–water partition coefficient (Wildman–Crippen LogP) is 0.263. The molecular formula is C8H16N2O. The lowest BCUT2D eigenvalue weighted by atomic mass is 10.0. The number of carbonyl (C=O) groups is 1. The molecule has 1 rings (SSSR count). The van der Waals surface area contributed by atoms with Gasteiger partial charge in [0.05, 0.1) is 0 Å². The number of piperidine rings is 1. The Kier molecular flexibility index (Phi) is 2.88. The van der Waals surface area contributed by atoms with E-state index in [9.17, 15) is 4.79 Å². The van der Waals surface area contributed by atoms with Crippen LogP contribution in [0, 0.1) is 0 Å². The Bertz CT molecular complexity index is 147. The minimum absolute atomic E-state index is 0.0871. The maximum atomic E-state index is 10.7. The van der Waals surface area contributed by atoms with Gasteiger partial charge < -0.3 is 10.6 Å². The fourth-order valence-corrected chi connectivity index (χ4v) is 1.55. The normalized spacial score (nSPS) is 31.5. The van der Waals surface area contributed by atoms with Crippen LogP contribution in [0.25, 0.3) is 0 Å². The molecule has 0 spiro atoms. The third-order valence-electron chi connectivity index (χ3n) is 2.03. The van der Waals surface area contributed by atoms with Crippen LogP contribution < -0.4 is 10.6 Å². The molecule has 1 aliphatic heterocycles. The first kappa shape index (κ1) is 8.53. The Balaban J connectivity index is 2.28. The highest BCUT2D eigenvalue weighted by atomic mass is 16.1. The molecule has 1 amide bonds.